The Labute approximate surface area is 169 Å². The van der Waals surface area contributed by atoms with E-state index in [4.69, 9.17) is 4.74 Å². The van der Waals surface area contributed by atoms with E-state index in [-0.39, 0.29) is 23.0 Å². The Morgan fingerprint density at radius 1 is 1.07 bits per heavy atom. The van der Waals surface area contributed by atoms with Crippen LogP contribution in [0.1, 0.15) is 29.8 Å². The van der Waals surface area contributed by atoms with Crippen LogP contribution >= 0.6 is 11.8 Å². The summed E-state index contributed by atoms with van der Waals surface area (Å²) in [6.45, 7) is 3.23. The summed E-state index contributed by atoms with van der Waals surface area (Å²) in [7, 11) is -3.94. The number of sulfonamides is 1. The molecule has 150 valence electrons. The first-order valence-electron chi connectivity index (χ1n) is 8.75. The highest BCUT2D eigenvalue weighted by molar-refractivity contribution is 7.98. The monoisotopic (exact) mass is 421 g/mol. The van der Waals surface area contributed by atoms with Crippen molar-refractivity contribution in [1.29, 1.82) is 0 Å². The van der Waals surface area contributed by atoms with Gasteiger partial charge in [-0.05, 0) is 31.5 Å². The maximum atomic E-state index is 12.7. The van der Waals surface area contributed by atoms with Crippen LogP contribution in [0, 0.1) is 0 Å². The predicted octanol–water partition coefficient (Wildman–Crippen LogP) is 3.03. The van der Waals surface area contributed by atoms with Gasteiger partial charge in [-0.2, -0.15) is 16.5 Å². The third-order valence-corrected chi connectivity index (χ3v) is 6.43. The number of ether oxygens (including phenoxy) is 1. The molecule has 6 nitrogen and oxygen atoms in total. The van der Waals surface area contributed by atoms with Gasteiger partial charge < -0.3 is 4.74 Å². The molecule has 0 spiro atoms. The van der Waals surface area contributed by atoms with E-state index in [0.29, 0.717) is 11.3 Å². The van der Waals surface area contributed by atoms with Crippen LogP contribution in [0.4, 0.5) is 0 Å². The molecule has 0 aliphatic heterocycles. The standard InChI is InChI=1S/C20H23NO5S2/c1-3-26-20(23)19(14-27-13-16-7-5-4-6-8-16)21-28(24,25)18-11-9-17(10-12-18)15(2)22/h4-12,19,21H,3,13-14H2,1-2H3. The number of rotatable bonds is 10. The van der Waals surface area contributed by atoms with Gasteiger partial charge in [0.2, 0.25) is 10.0 Å². The molecule has 1 N–H and O–H groups in total. The molecule has 0 saturated heterocycles. The second kappa shape index (κ2) is 10.4. The molecule has 0 radical (unpaired) electrons. The number of nitrogens with one attached hydrogen (secondary N) is 1. The Kier molecular flexibility index (Phi) is 8.22. The predicted molar refractivity (Wildman–Crippen MR) is 110 cm³/mol. The minimum absolute atomic E-state index is 0.0140. The van der Waals surface area contributed by atoms with Crippen LogP contribution in [-0.4, -0.2) is 38.6 Å². The fraction of sp³-hybridized carbons (Fsp3) is 0.300. The molecule has 0 fully saturated rings. The minimum Gasteiger partial charge on any atom is -0.465 e. The van der Waals surface area contributed by atoms with Crippen molar-refractivity contribution in [2.75, 3.05) is 12.4 Å². The van der Waals surface area contributed by atoms with E-state index in [2.05, 4.69) is 4.72 Å². The van der Waals surface area contributed by atoms with Gasteiger partial charge in [-0.25, -0.2) is 8.42 Å². The van der Waals surface area contributed by atoms with Gasteiger partial charge in [-0.15, -0.1) is 0 Å². The Balaban J connectivity index is 2.09. The van der Waals surface area contributed by atoms with E-state index in [1.165, 1.54) is 43.0 Å². The van der Waals surface area contributed by atoms with Crippen LogP contribution in [0.3, 0.4) is 0 Å². The summed E-state index contributed by atoms with van der Waals surface area (Å²) in [5, 5.41) is 0. The lowest BCUT2D eigenvalue weighted by molar-refractivity contribution is -0.144. The molecule has 2 rings (SSSR count). The molecule has 0 aliphatic carbocycles. The first-order chi connectivity index (χ1) is 13.3. The Morgan fingerprint density at radius 2 is 1.71 bits per heavy atom. The number of Topliss-reactive ketones (excluding diaryl/α,β-unsaturated/α-hetero) is 1. The number of ketones is 1. The van der Waals surface area contributed by atoms with Gasteiger partial charge in [0, 0.05) is 17.1 Å². The van der Waals surface area contributed by atoms with Crippen LogP contribution in [0.2, 0.25) is 0 Å². The molecule has 0 bridgehead atoms. The number of hydrogen-bond acceptors (Lipinski definition) is 6. The molecular formula is C20H23NO5S2. The Bertz CT molecular complexity index is 896. The number of carbonyl (C=O) groups excluding carboxylic acids is 2. The van der Waals surface area contributed by atoms with Crippen molar-refractivity contribution >= 4 is 33.5 Å². The normalized spacial score (nSPS) is 12.4. The van der Waals surface area contributed by atoms with E-state index < -0.39 is 22.0 Å². The molecule has 0 heterocycles. The summed E-state index contributed by atoms with van der Waals surface area (Å²) < 4.78 is 32.7. The smallest absolute Gasteiger partial charge is 0.325 e. The quantitative estimate of drug-likeness (QED) is 0.468. The topological polar surface area (TPSA) is 89.5 Å². The molecular weight excluding hydrogens is 398 g/mol. The third kappa shape index (κ3) is 6.47. The number of benzene rings is 2. The van der Waals surface area contributed by atoms with Crippen LogP contribution in [0.15, 0.2) is 59.5 Å². The van der Waals surface area contributed by atoms with Crippen molar-refractivity contribution in [2.24, 2.45) is 0 Å². The van der Waals surface area contributed by atoms with E-state index in [1.54, 1.807) is 6.92 Å². The first kappa shape index (κ1) is 22.1. The lowest BCUT2D eigenvalue weighted by Crippen LogP contribution is -2.43. The summed E-state index contributed by atoms with van der Waals surface area (Å²) in [5.41, 5.74) is 1.50. The van der Waals surface area contributed by atoms with Gasteiger partial charge in [0.1, 0.15) is 6.04 Å². The van der Waals surface area contributed by atoms with Crippen molar-refractivity contribution in [1.82, 2.24) is 4.72 Å². The van der Waals surface area contributed by atoms with E-state index in [1.807, 2.05) is 30.3 Å². The molecule has 28 heavy (non-hydrogen) atoms. The lowest BCUT2D eigenvalue weighted by Gasteiger charge is -2.17. The molecule has 0 aliphatic rings. The SMILES string of the molecule is CCOC(=O)C(CSCc1ccccc1)NS(=O)(=O)c1ccc(C(C)=O)cc1. The summed E-state index contributed by atoms with van der Waals surface area (Å²) in [6.07, 6.45) is 0. The average molecular weight is 422 g/mol. The molecule has 0 amide bonds. The molecule has 1 atom stereocenters. The second-order valence-corrected chi connectivity index (χ2v) is 8.75. The highest BCUT2D eigenvalue weighted by Crippen LogP contribution is 2.16. The van der Waals surface area contributed by atoms with Crippen molar-refractivity contribution < 1.29 is 22.7 Å². The maximum absolute atomic E-state index is 12.7. The number of carbonyl (C=O) groups is 2. The molecule has 0 aromatic heterocycles. The fourth-order valence-corrected chi connectivity index (χ4v) is 4.68. The summed E-state index contributed by atoms with van der Waals surface area (Å²) in [5.74, 6) is 0.107. The third-order valence-electron chi connectivity index (χ3n) is 3.84. The van der Waals surface area contributed by atoms with Gasteiger partial charge in [0.15, 0.2) is 5.78 Å². The van der Waals surface area contributed by atoms with Gasteiger partial charge in [-0.3, -0.25) is 9.59 Å². The van der Waals surface area contributed by atoms with Crippen molar-refractivity contribution in [3.8, 4) is 0 Å². The highest BCUT2D eigenvalue weighted by atomic mass is 32.2. The van der Waals surface area contributed by atoms with Crippen molar-refractivity contribution in [2.45, 2.75) is 30.5 Å². The van der Waals surface area contributed by atoms with Crippen LogP contribution in [0.25, 0.3) is 0 Å². The largest absolute Gasteiger partial charge is 0.465 e. The molecule has 2 aromatic carbocycles. The zero-order valence-corrected chi connectivity index (χ0v) is 17.4. The van der Waals surface area contributed by atoms with Gasteiger partial charge in [-0.1, -0.05) is 42.5 Å². The van der Waals surface area contributed by atoms with Crippen molar-refractivity contribution in [3.63, 3.8) is 0 Å². The second-order valence-electron chi connectivity index (χ2n) is 6.01. The summed E-state index contributed by atoms with van der Waals surface area (Å²) in [4.78, 5) is 23.6. The summed E-state index contributed by atoms with van der Waals surface area (Å²) in [6, 6.07) is 14.3. The molecule has 8 heteroatoms. The van der Waals surface area contributed by atoms with E-state index >= 15 is 0 Å². The maximum Gasteiger partial charge on any atom is 0.325 e. The highest BCUT2D eigenvalue weighted by Gasteiger charge is 2.27. The van der Waals surface area contributed by atoms with Crippen LogP contribution in [-0.2, 0) is 25.3 Å². The van der Waals surface area contributed by atoms with Crippen LogP contribution < -0.4 is 4.72 Å². The van der Waals surface area contributed by atoms with E-state index in [9.17, 15) is 18.0 Å². The van der Waals surface area contributed by atoms with Gasteiger partial charge >= 0.3 is 5.97 Å². The average Bonchev–Trinajstić information content (AvgIpc) is 2.68. The molecule has 0 saturated carbocycles. The Morgan fingerprint density at radius 3 is 2.29 bits per heavy atom. The number of esters is 1. The number of hydrogen-bond donors (Lipinski definition) is 1. The summed E-state index contributed by atoms with van der Waals surface area (Å²) >= 11 is 1.44. The zero-order valence-electron chi connectivity index (χ0n) is 15.8. The number of thioether (sulfide) groups is 1. The first-order valence-corrected chi connectivity index (χ1v) is 11.4. The molecule has 1 unspecified atom stereocenters. The molecule has 2 aromatic rings. The lowest BCUT2D eigenvalue weighted by atomic mass is 10.2. The fourth-order valence-electron chi connectivity index (χ4n) is 2.39. The minimum atomic E-state index is -3.94. The van der Waals surface area contributed by atoms with Crippen molar-refractivity contribution in [3.05, 3.63) is 65.7 Å². The zero-order chi connectivity index (χ0) is 20.6. The van der Waals surface area contributed by atoms with Crippen LogP contribution in [0.5, 0.6) is 0 Å². The van der Waals surface area contributed by atoms with Gasteiger partial charge in [0.05, 0.1) is 11.5 Å². The van der Waals surface area contributed by atoms with Gasteiger partial charge in [0.25, 0.3) is 0 Å². The van der Waals surface area contributed by atoms with E-state index in [0.717, 1.165) is 5.56 Å². The Hall–Kier alpha value is -2.16.